The minimum Gasteiger partial charge on any atom is -0.439 e. The number of alkyl halides is 3. The lowest BCUT2D eigenvalue weighted by molar-refractivity contribution is -0.137. The molecule has 9 heteroatoms. The second-order valence-electron chi connectivity index (χ2n) is 6.77. The first-order chi connectivity index (χ1) is 15.1. The summed E-state index contributed by atoms with van der Waals surface area (Å²) in [6.07, 6.45) is -1.75. The lowest BCUT2D eigenvalue weighted by Crippen LogP contribution is -2.10. The van der Waals surface area contributed by atoms with Gasteiger partial charge >= 0.3 is 6.18 Å². The van der Waals surface area contributed by atoms with Gasteiger partial charge in [0, 0.05) is 17.7 Å². The highest BCUT2D eigenvalue weighted by Crippen LogP contribution is 2.30. The lowest BCUT2D eigenvalue weighted by Gasteiger charge is -2.09. The molecule has 0 bridgehead atoms. The number of nitrogens with two attached hydrogens (primary N) is 1. The minimum absolute atomic E-state index is 0.237. The SMILES string of the molecule is CC(=CC(=O)Nc1ccc(Oc2cccc(C(N)=O)c2)nc1)c1ccc(C(F)(F)F)cc1. The monoisotopic (exact) mass is 441 g/mol. The van der Waals surface area contributed by atoms with Crippen molar-refractivity contribution >= 4 is 23.1 Å². The number of nitrogens with one attached hydrogen (secondary N) is 1. The van der Waals surface area contributed by atoms with Crippen LogP contribution in [0, 0.1) is 0 Å². The van der Waals surface area contributed by atoms with E-state index in [1.165, 1.54) is 36.5 Å². The largest absolute Gasteiger partial charge is 0.439 e. The zero-order chi connectivity index (χ0) is 23.3. The van der Waals surface area contributed by atoms with Gasteiger partial charge < -0.3 is 15.8 Å². The summed E-state index contributed by atoms with van der Waals surface area (Å²) >= 11 is 0. The van der Waals surface area contributed by atoms with Crippen LogP contribution in [0.1, 0.15) is 28.4 Å². The van der Waals surface area contributed by atoms with Crippen LogP contribution >= 0.6 is 0 Å². The molecule has 0 aliphatic rings. The third-order valence-electron chi connectivity index (χ3n) is 4.36. The van der Waals surface area contributed by atoms with Crippen molar-refractivity contribution in [3.63, 3.8) is 0 Å². The Morgan fingerprint density at radius 2 is 1.75 bits per heavy atom. The molecule has 1 heterocycles. The number of anilines is 1. The van der Waals surface area contributed by atoms with Crippen LogP contribution in [-0.4, -0.2) is 16.8 Å². The number of carbonyl (C=O) groups is 2. The van der Waals surface area contributed by atoms with E-state index >= 15 is 0 Å². The topological polar surface area (TPSA) is 94.3 Å². The number of ether oxygens (including phenoxy) is 1. The fourth-order valence-corrected chi connectivity index (χ4v) is 2.73. The highest BCUT2D eigenvalue weighted by atomic mass is 19.4. The van der Waals surface area contributed by atoms with Gasteiger partial charge in [0.15, 0.2) is 0 Å². The molecular formula is C23H18F3N3O3. The number of hydrogen-bond donors (Lipinski definition) is 2. The zero-order valence-corrected chi connectivity index (χ0v) is 16.8. The molecule has 164 valence electrons. The first kappa shape index (κ1) is 22.5. The van der Waals surface area contributed by atoms with Crippen molar-refractivity contribution in [2.24, 2.45) is 5.73 Å². The Morgan fingerprint density at radius 3 is 2.34 bits per heavy atom. The third kappa shape index (κ3) is 5.94. The van der Waals surface area contributed by atoms with Gasteiger partial charge in [-0.2, -0.15) is 13.2 Å². The van der Waals surface area contributed by atoms with Gasteiger partial charge in [0.25, 0.3) is 0 Å². The van der Waals surface area contributed by atoms with Crippen LogP contribution in [0.25, 0.3) is 5.57 Å². The van der Waals surface area contributed by atoms with Crippen molar-refractivity contribution in [2.45, 2.75) is 13.1 Å². The number of rotatable bonds is 6. The number of primary amides is 1. The molecule has 3 N–H and O–H groups in total. The minimum atomic E-state index is -4.42. The smallest absolute Gasteiger partial charge is 0.416 e. The molecule has 0 saturated carbocycles. The second kappa shape index (κ2) is 9.34. The molecule has 3 rings (SSSR count). The first-order valence-corrected chi connectivity index (χ1v) is 9.32. The van der Waals surface area contributed by atoms with E-state index in [0.717, 1.165) is 12.1 Å². The number of nitrogens with zero attached hydrogens (tertiary/aromatic N) is 1. The standard InChI is InChI=1S/C23H18F3N3O3/c1-14(15-5-7-17(8-6-15)23(24,25)26)11-20(30)29-18-9-10-21(28-13-18)32-19-4-2-3-16(12-19)22(27)31/h2-13H,1H3,(H2,27,31)(H,29,30). The van der Waals surface area contributed by atoms with Gasteiger partial charge in [0.1, 0.15) is 5.75 Å². The van der Waals surface area contributed by atoms with Gasteiger partial charge in [-0.3, -0.25) is 9.59 Å². The van der Waals surface area contributed by atoms with E-state index in [1.54, 1.807) is 31.2 Å². The fourth-order valence-electron chi connectivity index (χ4n) is 2.73. The Balaban J connectivity index is 1.63. The predicted molar refractivity (Wildman–Crippen MR) is 113 cm³/mol. The van der Waals surface area contributed by atoms with E-state index in [1.807, 2.05) is 0 Å². The highest BCUT2D eigenvalue weighted by molar-refractivity contribution is 6.03. The van der Waals surface area contributed by atoms with Gasteiger partial charge in [-0.1, -0.05) is 18.2 Å². The van der Waals surface area contributed by atoms with Crippen LogP contribution in [0.4, 0.5) is 18.9 Å². The molecule has 0 atom stereocenters. The number of halogens is 3. The maximum atomic E-state index is 12.7. The van der Waals surface area contributed by atoms with Crippen molar-refractivity contribution in [3.05, 3.63) is 89.6 Å². The number of aromatic nitrogens is 1. The van der Waals surface area contributed by atoms with E-state index in [2.05, 4.69) is 10.3 Å². The van der Waals surface area contributed by atoms with Crippen LogP contribution < -0.4 is 15.8 Å². The van der Waals surface area contributed by atoms with Crippen molar-refractivity contribution < 1.29 is 27.5 Å². The normalized spacial score (nSPS) is 11.7. The van der Waals surface area contributed by atoms with Gasteiger partial charge in [-0.25, -0.2) is 4.98 Å². The fraction of sp³-hybridized carbons (Fsp3) is 0.0870. The van der Waals surface area contributed by atoms with Crippen molar-refractivity contribution in [1.29, 1.82) is 0 Å². The predicted octanol–water partition coefficient (Wildman–Crippen LogP) is 5.03. The average molecular weight is 441 g/mol. The molecule has 0 saturated heterocycles. The molecule has 0 aliphatic heterocycles. The van der Waals surface area contributed by atoms with Gasteiger partial charge in [-0.05, 0) is 54.5 Å². The number of hydrogen-bond acceptors (Lipinski definition) is 4. The highest BCUT2D eigenvalue weighted by Gasteiger charge is 2.29. The van der Waals surface area contributed by atoms with E-state index in [-0.39, 0.29) is 5.88 Å². The summed E-state index contributed by atoms with van der Waals surface area (Å²) < 4.78 is 43.5. The Hall–Kier alpha value is -4.14. The number of benzene rings is 2. The molecule has 2 amide bonds. The summed E-state index contributed by atoms with van der Waals surface area (Å²) in [5, 5.41) is 2.62. The van der Waals surface area contributed by atoms with Crippen molar-refractivity contribution in [3.8, 4) is 11.6 Å². The van der Waals surface area contributed by atoms with Crippen LogP contribution in [-0.2, 0) is 11.0 Å². The van der Waals surface area contributed by atoms with E-state index < -0.39 is 23.6 Å². The van der Waals surface area contributed by atoms with Crippen LogP contribution in [0.3, 0.4) is 0 Å². The third-order valence-corrected chi connectivity index (χ3v) is 4.36. The molecular weight excluding hydrogens is 423 g/mol. The van der Waals surface area contributed by atoms with Crippen molar-refractivity contribution in [2.75, 3.05) is 5.32 Å². The molecule has 0 aliphatic carbocycles. The molecule has 2 aromatic carbocycles. The zero-order valence-electron chi connectivity index (χ0n) is 16.8. The average Bonchev–Trinajstić information content (AvgIpc) is 2.74. The first-order valence-electron chi connectivity index (χ1n) is 9.32. The van der Waals surface area contributed by atoms with E-state index in [4.69, 9.17) is 10.5 Å². The summed E-state index contributed by atoms with van der Waals surface area (Å²) in [6.45, 7) is 1.62. The summed E-state index contributed by atoms with van der Waals surface area (Å²) in [5.74, 6) is -0.435. The summed E-state index contributed by atoms with van der Waals surface area (Å²) in [4.78, 5) is 27.6. The Bertz CT molecular complexity index is 1160. The molecule has 0 fully saturated rings. The molecule has 0 unspecified atom stereocenters. The molecule has 1 aromatic heterocycles. The Labute approximate surface area is 181 Å². The molecule has 32 heavy (non-hydrogen) atoms. The Morgan fingerprint density at radius 1 is 1.03 bits per heavy atom. The quantitative estimate of drug-likeness (QED) is 0.525. The maximum absolute atomic E-state index is 12.7. The molecule has 6 nitrogen and oxygen atoms in total. The van der Waals surface area contributed by atoms with Gasteiger partial charge in [0.05, 0.1) is 17.4 Å². The Kier molecular flexibility index (Phi) is 6.58. The van der Waals surface area contributed by atoms with Gasteiger partial charge in [-0.15, -0.1) is 0 Å². The number of pyridine rings is 1. The van der Waals surface area contributed by atoms with E-state index in [0.29, 0.717) is 28.1 Å². The molecule has 0 radical (unpaired) electrons. The molecule has 0 spiro atoms. The van der Waals surface area contributed by atoms with E-state index in [9.17, 15) is 22.8 Å². The summed E-state index contributed by atoms with van der Waals surface area (Å²) in [7, 11) is 0. The van der Waals surface area contributed by atoms with Gasteiger partial charge in [0.2, 0.25) is 17.7 Å². The second-order valence-corrected chi connectivity index (χ2v) is 6.77. The lowest BCUT2D eigenvalue weighted by atomic mass is 10.0. The summed E-state index contributed by atoms with van der Waals surface area (Å²) in [5.41, 5.74) is 6.16. The number of amides is 2. The van der Waals surface area contributed by atoms with Crippen LogP contribution in [0.2, 0.25) is 0 Å². The summed E-state index contributed by atoms with van der Waals surface area (Å²) in [6, 6.07) is 13.9. The van der Waals surface area contributed by atoms with Crippen LogP contribution in [0.5, 0.6) is 11.6 Å². The van der Waals surface area contributed by atoms with Crippen molar-refractivity contribution in [1.82, 2.24) is 4.98 Å². The number of allylic oxidation sites excluding steroid dienone is 1. The molecule has 3 aromatic rings. The number of carbonyl (C=O) groups excluding carboxylic acids is 2. The maximum Gasteiger partial charge on any atom is 0.416 e. The van der Waals surface area contributed by atoms with Crippen LogP contribution in [0.15, 0.2) is 72.9 Å².